The highest BCUT2D eigenvalue weighted by atomic mass is 16.8. The van der Waals surface area contributed by atoms with Gasteiger partial charge in [-0.1, -0.05) is 0 Å². The van der Waals surface area contributed by atoms with Crippen molar-refractivity contribution in [3.05, 3.63) is 0 Å². The Kier molecular flexibility index (Phi) is 43.5. The van der Waals surface area contributed by atoms with Crippen LogP contribution in [0.5, 0.6) is 0 Å². The van der Waals surface area contributed by atoms with Crippen molar-refractivity contribution in [3.8, 4) is 0 Å². The molecule has 0 spiro atoms. The second-order valence-corrected chi connectivity index (χ2v) is 36.6. The number of hydrogen-bond acceptors (Lipinski definition) is 58. The zero-order chi connectivity index (χ0) is 107. The summed E-state index contributed by atoms with van der Waals surface area (Å²) in [5.41, 5.74) is 0. The summed E-state index contributed by atoms with van der Waals surface area (Å²) in [4.78, 5) is 77.4. The van der Waals surface area contributed by atoms with Crippen molar-refractivity contribution in [2.75, 3.05) is 72.7 Å². The van der Waals surface area contributed by atoms with Crippen LogP contribution in [0.4, 0.5) is 0 Å². The van der Waals surface area contributed by atoms with E-state index in [4.69, 9.17) is 104 Å². The number of carbonyl (C=O) groups is 6. The molecule has 11 rings (SSSR count). The summed E-state index contributed by atoms with van der Waals surface area (Å²) < 4.78 is 132. The maximum Gasteiger partial charge on any atom is 0.364 e. The zero-order valence-electron chi connectivity index (χ0n) is 78.2. The molecular weight excluding hydrogens is 1990 g/mol. The second-order valence-electron chi connectivity index (χ2n) is 36.6. The number of carboxylic acid groups (broad SMARTS) is 1. The van der Waals surface area contributed by atoms with E-state index in [2.05, 4.69) is 26.6 Å². The van der Waals surface area contributed by atoms with E-state index in [9.17, 15) is 187 Å². The minimum atomic E-state index is -3.32. The molecule has 0 aromatic carbocycles. The lowest BCUT2D eigenvalue weighted by atomic mass is 9.88. The first-order valence-corrected chi connectivity index (χ1v) is 46.2. The van der Waals surface area contributed by atoms with Crippen molar-refractivity contribution in [3.63, 3.8) is 0 Å². The molecule has 64 heteroatoms. The molecule has 11 aliphatic heterocycles. The van der Waals surface area contributed by atoms with E-state index < -0.39 is 458 Å². The van der Waals surface area contributed by atoms with Crippen LogP contribution in [0.15, 0.2) is 0 Å². The fourth-order valence-electron chi connectivity index (χ4n) is 18.7. The van der Waals surface area contributed by atoms with Crippen molar-refractivity contribution in [2.45, 2.75) is 397 Å². The van der Waals surface area contributed by atoms with Gasteiger partial charge in [-0.25, -0.2) is 4.79 Å². The first kappa shape index (κ1) is 120. The lowest BCUT2D eigenvalue weighted by Crippen LogP contribution is -2.72. The molecule has 0 saturated carbocycles. The predicted molar refractivity (Wildman–Crippen MR) is 447 cm³/mol. The predicted octanol–water partition coefficient (Wildman–Crippen LogP) is -24.0. The highest BCUT2D eigenvalue weighted by molar-refractivity contribution is 5.77. The van der Waals surface area contributed by atoms with Gasteiger partial charge in [0, 0.05) is 34.1 Å². The average Bonchev–Trinajstić information content (AvgIpc) is 0.753. The van der Waals surface area contributed by atoms with Gasteiger partial charge in [0.25, 0.3) is 5.79 Å². The Morgan fingerprint density at radius 3 is 0.972 bits per heavy atom. The second kappa shape index (κ2) is 52.6. The van der Waals surface area contributed by atoms with Crippen LogP contribution in [-0.2, 0) is 133 Å². The number of carboxylic acids is 1. The Balaban J connectivity index is 0.876. The Hall–Kier alpha value is -5.26. The van der Waals surface area contributed by atoms with Gasteiger partial charge in [-0.3, -0.25) is 24.0 Å². The van der Waals surface area contributed by atoms with E-state index in [0.717, 1.165) is 27.7 Å². The molecule has 64 nitrogen and oxygen atoms in total. The van der Waals surface area contributed by atoms with Gasteiger partial charge in [0.05, 0.1) is 103 Å². The van der Waals surface area contributed by atoms with Crippen LogP contribution < -0.4 is 26.6 Å². The molecule has 0 aromatic rings. The maximum atomic E-state index is 13.8. The molecule has 0 aliphatic carbocycles. The van der Waals surface area contributed by atoms with Gasteiger partial charge in [0.1, 0.15) is 250 Å². The summed E-state index contributed by atoms with van der Waals surface area (Å²) in [7, 11) is 0. The maximum absolute atomic E-state index is 13.8. The molecule has 0 aromatic heterocycles. The number of aliphatic hydroxyl groups is 30. The fraction of sp³-hybridized carbons (Fsp3) is 0.926. The Bertz CT molecular complexity index is 4050. The quantitative estimate of drug-likeness (QED) is 0.0252. The molecule has 11 saturated heterocycles. The Labute approximate surface area is 821 Å². The van der Waals surface area contributed by atoms with Crippen LogP contribution in [0.2, 0.25) is 0 Å². The van der Waals surface area contributed by atoms with Gasteiger partial charge in [-0.2, -0.15) is 0 Å². The summed E-state index contributed by atoms with van der Waals surface area (Å²) in [6.45, 7) is -6.45. The normalized spacial score (nSPS) is 47.5. The SMILES string of the molecule is CC(=O)N[C@H]1[C@H](O[C@H]2[C@@H](O)[C@@H](CO)O[C@@H](O[C@H]3[C@H](O[C@@H]4O[C@@H](C)[C@@H](O)[C@@H](O)[C@@H]4O)[C@@H](NC(C)=O)[C@H](O[C@H]4[C@@H](O)[C@@H](CO)O[C@@H](O[C@H]5[C@H](O[C@@H]6O[C@@H](C)[C@@H](O)[C@@H](O)[C@@H]6O)[C@@H](NC(C)=O)[C@H](O[C@H]6[C@@H](O)[C@@H](CO)O[C@@H](O[C@H]7[C@H](O)[C@@H](O)[C@H](OC[C@@H](CO)NC=O)O[C@@H]7CO)[C@@H]6O)O[C@@H]5CO)[C@@H]4O)O[C@@H]3CO)[C@@H]2O)O[C@H](CO)[C@@H](O[C@@H]2O[C@H](CO)[C@H](O)[C@H](O[C@]3(C(=O)O)C[C@H](O)[C@@H](NC(C)=O)[C@H]([C@H](O)[C@H](O)CO)O3)[C@H]2O)[C@@H]1O. The zero-order valence-corrected chi connectivity index (χ0v) is 78.2. The van der Waals surface area contributed by atoms with Crippen LogP contribution in [0.25, 0.3) is 0 Å². The molecule has 0 radical (unpaired) electrons. The fourth-order valence-corrected chi connectivity index (χ4v) is 18.7. The van der Waals surface area contributed by atoms with Gasteiger partial charge in [0.2, 0.25) is 30.0 Å². The molecule has 838 valence electrons. The summed E-state index contributed by atoms with van der Waals surface area (Å²) in [5.74, 6) is -9.57. The number of rotatable bonds is 42. The van der Waals surface area contributed by atoms with Crippen LogP contribution in [-0.4, -0.2) is 616 Å². The van der Waals surface area contributed by atoms with Crippen LogP contribution in [0, 0.1) is 0 Å². The van der Waals surface area contributed by atoms with E-state index in [1.807, 2.05) is 0 Å². The minimum Gasteiger partial charge on any atom is -0.477 e. The molecule has 145 heavy (non-hydrogen) atoms. The third kappa shape index (κ3) is 26.7. The molecule has 0 bridgehead atoms. The molecular formula is C81H135N5O59. The molecule has 36 N–H and O–H groups in total. The monoisotopic (exact) mass is 2120 g/mol. The first-order valence-electron chi connectivity index (χ1n) is 46.2. The van der Waals surface area contributed by atoms with Crippen molar-refractivity contribution in [1.29, 1.82) is 0 Å². The highest BCUT2D eigenvalue weighted by Crippen LogP contribution is 2.45. The van der Waals surface area contributed by atoms with Gasteiger partial charge in [-0.15, -0.1) is 0 Å². The Morgan fingerprint density at radius 1 is 0.324 bits per heavy atom. The third-order valence-corrected chi connectivity index (χ3v) is 26.5. The number of carbonyl (C=O) groups excluding carboxylic acids is 5. The molecule has 11 aliphatic rings. The van der Waals surface area contributed by atoms with Crippen molar-refractivity contribution in [1.82, 2.24) is 26.6 Å². The topological polar surface area (TPSA) is 993 Å². The first-order chi connectivity index (χ1) is 68.6. The van der Waals surface area contributed by atoms with Gasteiger partial charge >= 0.3 is 5.97 Å². The minimum absolute atomic E-state index is 0.229. The lowest BCUT2D eigenvalue weighted by molar-refractivity contribution is -0.402. The number of hydrogen-bond donors (Lipinski definition) is 36. The number of amides is 5. The highest BCUT2D eigenvalue weighted by Gasteiger charge is 2.66. The number of aliphatic carboxylic acids is 1. The number of ether oxygens (including phenoxy) is 22. The van der Waals surface area contributed by atoms with Crippen LogP contribution >= 0.6 is 0 Å². The molecule has 11 fully saturated rings. The van der Waals surface area contributed by atoms with E-state index in [0.29, 0.717) is 0 Å². The standard InChI is InChI=1S/C81H135N5O59/c1-20-41(104)49(112)52(115)74(125-20)139-64-39(85-24(5)100)71(142-67-45(108)29(10-89)127-76(55(67)118)136-60-34(15-94)134-73(54(117)51(60)114)124-18-26(8-87)82-19-97)132-36(17-96)62(64)138-78-57(120)68(46(109)31(12-91)129-78)143-72-40(86-25(6)101)65(140-75-53(116)50(113)42(105)21(2)126-75)61(35(16-95)133-72)137-77-56(119)66(44(107)30(11-90)128-77)141-70-38(84-23(4)99)48(111)59(33(14-93)131-70)135-79-58(121)69(47(110)32(13-92)130-79)145-81(80(122)123)7-27(102)37(83-22(3)98)63(144-81)43(106)28(103)9-88/h19-21,26-79,87-96,102-121H,7-18H2,1-6H3,(H,82,97)(H,83,98)(H,84,99)(H,85,100)(H,86,101)(H,122,123)/t20-,21-,26+,27-,28+,29+,30+,31+,32+,33+,34+,35+,36+,37+,38+,39+,40+,41+,42+,43+,44-,45-,46-,47-,48+,49+,50+,51+,52-,53-,54+,55+,56+,57+,58+,59+,60+,61+,62+,63+,64+,65+,66-,67-,68-,69-,70-,71-,72-,73+,74-,75-,76-,77-,78-,79-,81-/m0/s1. The molecule has 57 atom stereocenters. The smallest absolute Gasteiger partial charge is 0.364 e. The van der Waals surface area contributed by atoms with Gasteiger partial charge in [-0.05, 0) is 13.8 Å². The third-order valence-electron chi connectivity index (χ3n) is 26.5. The van der Waals surface area contributed by atoms with Crippen molar-refractivity contribution in [2.24, 2.45) is 0 Å². The summed E-state index contributed by atoms with van der Waals surface area (Å²) >= 11 is 0. The average molecular weight is 2120 g/mol. The lowest BCUT2D eigenvalue weighted by Gasteiger charge is -2.53. The molecule has 11 heterocycles. The summed E-state index contributed by atoms with van der Waals surface area (Å²) in [6.07, 6.45) is -113. The van der Waals surface area contributed by atoms with E-state index in [1.165, 1.54) is 13.8 Å². The molecule has 0 unspecified atom stereocenters. The summed E-state index contributed by atoms with van der Waals surface area (Å²) in [6, 6.07) is -9.21. The van der Waals surface area contributed by atoms with Crippen LogP contribution in [0.1, 0.15) is 48.0 Å². The van der Waals surface area contributed by atoms with Gasteiger partial charge < -0.3 is 289 Å². The van der Waals surface area contributed by atoms with Gasteiger partial charge in [0.15, 0.2) is 62.9 Å². The number of nitrogens with one attached hydrogen (secondary N) is 5. The van der Waals surface area contributed by atoms with E-state index in [-0.39, 0.29) is 6.41 Å². The van der Waals surface area contributed by atoms with E-state index in [1.54, 1.807) is 0 Å². The van der Waals surface area contributed by atoms with Crippen molar-refractivity contribution >= 4 is 36.0 Å². The largest absolute Gasteiger partial charge is 0.477 e. The van der Waals surface area contributed by atoms with E-state index >= 15 is 0 Å². The number of aliphatic hydroxyl groups excluding tert-OH is 30. The summed E-state index contributed by atoms with van der Waals surface area (Å²) in [5, 5.41) is 362. The Morgan fingerprint density at radius 2 is 0.621 bits per heavy atom. The van der Waals surface area contributed by atoms with Crippen LogP contribution in [0.3, 0.4) is 0 Å². The molecule has 5 amide bonds. The van der Waals surface area contributed by atoms with Crippen molar-refractivity contribution < 1.29 is 291 Å².